The molecule has 7 heteroatoms. The van der Waals surface area contributed by atoms with E-state index < -0.39 is 0 Å². The number of carbonyl (C=O) groups excluding carboxylic acids is 1. The molecule has 2 heterocycles. The van der Waals surface area contributed by atoms with Crippen molar-refractivity contribution in [2.45, 2.75) is 10.9 Å². The van der Waals surface area contributed by atoms with Gasteiger partial charge in [0.05, 0.1) is 0 Å². The molecule has 0 fully saturated rings. The van der Waals surface area contributed by atoms with Crippen molar-refractivity contribution in [1.82, 2.24) is 19.7 Å². The van der Waals surface area contributed by atoms with Crippen LogP contribution in [0.2, 0.25) is 0 Å². The predicted molar refractivity (Wildman–Crippen MR) is 103 cm³/mol. The molecule has 2 aromatic heterocycles. The van der Waals surface area contributed by atoms with E-state index in [1.807, 2.05) is 60.3 Å². The molecule has 2 N–H and O–H groups in total. The summed E-state index contributed by atoms with van der Waals surface area (Å²) in [7, 11) is 1.99. The number of anilines is 1. The molecule has 0 unspecified atom stereocenters. The van der Waals surface area contributed by atoms with Gasteiger partial charge in [0.2, 0.25) is 0 Å². The molecule has 1 amide bonds. The highest BCUT2D eigenvalue weighted by Crippen LogP contribution is 2.21. The van der Waals surface area contributed by atoms with Crippen molar-refractivity contribution in [2.24, 2.45) is 7.05 Å². The Morgan fingerprint density at radius 2 is 2.04 bits per heavy atom. The highest BCUT2D eigenvalue weighted by atomic mass is 32.2. The lowest BCUT2D eigenvalue weighted by atomic mass is 10.1. The fraction of sp³-hybridized carbons (Fsp3) is 0.105. The zero-order valence-corrected chi connectivity index (χ0v) is 15.0. The third-order valence-electron chi connectivity index (χ3n) is 4.13. The van der Waals surface area contributed by atoms with Crippen molar-refractivity contribution in [2.75, 3.05) is 5.32 Å². The average Bonchev–Trinajstić information content (AvgIpc) is 3.31. The number of carbonyl (C=O) groups is 1. The van der Waals surface area contributed by atoms with Crippen molar-refractivity contribution in [3.8, 4) is 0 Å². The summed E-state index contributed by atoms with van der Waals surface area (Å²) in [5, 5.41) is 11.5. The van der Waals surface area contributed by atoms with Crippen LogP contribution >= 0.6 is 11.8 Å². The molecule has 0 bridgehead atoms. The van der Waals surface area contributed by atoms with Crippen LogP contribution in [-0.4, -0.2) is 25.7 Å². The molecule has 0 saturated carbocycles. The van der Waals surface area contributed by atoms with E-state index in [2.05, 4.69) is 26.6 Å². The maximum atomic E-state index is 12.5. The lowest BCUT2D eigenvalue weighted by molar-refractivity contribution is 0.102. The van der Waals surface area contributed by atoms with Gasteiger partial charge in [0.1, 0.15) is 6.33 Å². The third-order valence-corrected chi connectivity index (χ3v) is 5.08. The van der Waals surface area contributed by atoms with Crippen LogP contribution in [0.5, 0.6) is 0 Å². The second-order valence-corrected chi connectivity index (χ2v) is 6.89. The Hall–Kier alpha value is -3.06. The fourth-order valence-electron chi connectivity index (χ4n) is 2.71. The highest BCUT2D eigenvalue weighted by Gasteiger charge is 2.08. The third kappa shape index (κ3) is 3.48. The standard InChI is InChI=1S/C19H17N5OS/c1-24-9-8-14-6-7-16(10-17(14)24)22-18(25)15-4-2-13(3-5-15)11-26-19-20-12-21-23-19/h2-10,12H,11H2,1H3,(H,22,25)(H,20,21,23). The molecule has 0 saturated heterocycles. The molecule has 0 aliphatic heterocycles. The van der Waals surface area contributed by atoms with Crippen molar-refractivity contribution < 1.29 is 4.79 Å². The van der Waals surface area contributed by atoms with E-state index in [9.17, 15) is 4.79 Å². The van der Waals surface area contributed by atoms with E-state index in [1.54, 1.807) is 11.8 Å². The topological polar surface area (TPSA) is 75.6 Å². The zero-order chi connectivity index (χ0) is 17.9. The van der Waals surface area contributed by atoms with Crippen LogP contribution in [0.3, 0.4) is 0 Å². The number of hydrogen-bond donors (Lipinski definition) is 2. The summed E-state index contributed by atoms with van der Waals surface area (Å²) >= 11 is 1.57. The van der Waals surface area contributed by atoms with E-state index in [1.165, 1.54) is 6.33 Å². The molecule has 0 spiro atoms. The number of amides is 1. The van der Waals surface area contributed by atoms with Gasteiger partial charge in [0, 0.05) is 35.8 Å². The Balaban J connectivity index is 1.42. The number of benzene rings is 2. The van der Waals surface area contributed by atoms with Crippen LogP contribution in [0.1, 0.15) is 15.9 Å². The molecular weight excluding hydrogens is 346 g/mol. The monoisotopic (exact) mass is 363 g/mol. The Morgan fingerprint density at radius 1 is 1.19 bits per heavy atom. The Morgan fingerprint density at radius 3 is 2.81 bits per heavy atom. The van der Waals surface area contributed by atoms with Crippen LogP contribution in [0, 0.1) is 0 Å². The van der Waals surface area contributed by atoms with E-state index in [0.29, 0.717) is 5.56 Å². The number of rotatable bonds is 5. The lowest BCUT2D eigenvalue weighted by Crippen LogP contribution is -2.11. The number of thioether (sulfide) groups is 1. The van der Waals surface area contributed by atoms with E-state index in [-0.39, 0.29) is 5.91 Å². The van der Waals surface area contributed by atoms with Gasteiger partial charge in [-0.25, -0.2) is 4.98 Å². The van der Waals surface area contributed by atoms with Crippen molar-refractivity contribution in [3.63, 3.8) is 0 Å². The van der Waals surface area contributed by atoms with Gasteiger partial charge in [-0.05, 0) is 41.3 Å². The molecule has 130 valence electrons. The number of H-pyrrole nitrogens is 1. The second-order valence-electron chi connectivity index (χ2n) is 5.93. The van der Waals surface area contributed by atoms with Gasteiger partial charge in [0.15, 0.2) is 5.16 Å². The maximum absolute atomic E-state index is 12.5. The van der Waals surface area contributed by atoms with Crippen LogP contribution in [0.4, 0.5) is 5.69 Å². The Labute approximate surface area is 154 Å². The smallest absolute Gasteiger partial charge is 0.255 e. The first-order chi connectivity index (χ1) is 12.7. The molecule has 0 aliphatic carbocycles. The summed E-state index contributed by atoms with van der Waals surface area (Å²) in [6, 6.07) is 15.6. The largest absolute Gasteiger partial charge is 0.350 e. The van der Waals surface area contributed by atoms with Gasteiger partial charge in [-0.2, -0.15) is 5.10 Å². The predicted octanol–water partition coefficient (Wildman–Crippen LogP) is 3.84. The van der Waals surface area contributed by atoms with Crippen LogP contribution in [0.15, 0.2) is 66.2 Å². The fourth-order valence-corrected chi connectivity index (χ4v) is 3.45. The summed E-state index contributed by atoms with van der Waals surface area (Å²) < 4.78 is 2.03. The number of nitrogens with one attached hydrogen (secondary N) is 2. The molecule has 26 heavy (non-hydrogen) atoms. The van der Waals surface area contributed by atoms with Gasteiger partial charge < -0.3 is 9.88 Å². The van der Waals surface area contributed by atoms with Gasteiger partial charge >= 0.3 is 0 Å². The summed E-state index contributed by atoms with van der Waals surface area (Å²) in [6.07, 6.45) is 3.49. The Kier molecular flexibility index (Phi) is 4.45. The van der Waals surface area contributed by atoms with Crippen molar-refractivity contribution >= 4 is 34.3 Å². The van der Waals surface area contributed by atoms with Gasteiger partial charge in [-0.3, -0.25) is 9.89 Å². The number of nitrogens with zero attached hydrogens (tertiary/aromatic N) is 3. The molecular formula is C19H17N5OS. The van der Waals surface area contributed by atoms with Gasteiger partial charge in [0.25, 0.3) is 5.91 Å². The number of aromatic amines is 1. The molecule has 6 nitrogen and oxygen atoms in total. The molecule has 0 atom stereocenters. The summed E-state index contributed by atoms with van der Waals surface area (Å²) in [5.74, 6) is 0.648. The van der Waals surface area contributed by atoms with E-state index in [4.69, 9.17) is 0 Å². The summed E-state index contributed by atoms with van der Waals surface area (Å²) in [4.78, 5) is 16.6. The van der Waals surface area contributed by atoms with Gasteiger partial charge in [-0.1, -0.05) is 30.0 Å². The number of fused-ring (bicyclic) bond motifs is 1. The molecule has 0 aliphatic rings. The van der Waals surface area contributed by atoms with Crippen LogP contribution < -0.4 is 5.32 Å². The minimum Gasteiger partial charge on any atom is -0.350 e. The first-order valence-corrected chi connectivity index (χ1v) is 9.11. The quantitative estimate of drug-likeness (QED) is 0.528. The number of aryl methyl sites for hydroxylation is 1. The molecule has 4 aromatic rings. The number of hydrogen-bond acceptors (Lipinski definition) is 4. The summed E-state index contributed by atoms with van der Waals surface area (Å²) in [6.45, 7) is 0. The SMILES string of the molecule is Cn1ccc2ccc(NC(=O)c3ccc(CSc4ncn[nH]4)cc3)cc21. The number of aromatic nitrogens is 4. The van der Waals surface area contributed by atoms with Crippen LogP contribution in [-0.2, 0) is 12.8 Å². The highest BCUT2D eigenvalue weighted by molar-refractivity contribution is 7.98. The van der Waals surface area contributed by atoms with Gasteiger partial charge in [-0.15, -0.1) is 0 Å². The van der Waals surface area contributed by atoms with Crippen molar-refractivity contribution in [3.05, 3.63) is 72.2 Å². The Bertz CT molecular complexity index is 1040. The zero-order valence-electron chi connectivity index (χ0n) is 14.1. The first-order valence-electron chi connectivity index (χ1n) is 8.12. The summed E-state index contributed by atoms with van der Waals surface area (Å²) in [5.41, 5.74) is 3.62. The minimum atomic E-state index is -0.118. The lowest BCUT2D eigenvalue weighted by Gasteiger charge is -2.07. The van der Waals surface area contributed by atoms with Crippen LogP contribution in [0.25, 0.3) is 10.9 Å². The minimum absolute atomic E-state index is 0.118. The molecule has 4 rings (SSSR count). The van der Waals surface area contributed by atoms with E-state index >= 15 is 0 Å². The van der Waals surface area contributed by atoms with Crippen molar-refractivity contribution in [1.29, 1.82) is 0 Å². The molecule has 2 aromatic carbocycles. The molecule has 0 radical (unpaired) electrons. The second kappa shape index (κ2) is 7.05. The maximum Gasteiger partial charge on any atom is 0.255 e. The first kappa shape index (κ1) is 16.4. The average molecular weight is 363 g/mol. The normalized spacial score (nSPS) is 11.0. The van der Waals surface area contributed by atoms with E-state index in [0.717, 1.165) is 33.1 Å².